The Labute approximate surface area is 130 Å². The molecule has 0 aromatic heterocycles. The van der Waals surface area contributed by atoms with E-state index >= 15 is 0 Å². The first-order valence-electron chi connectivity index (χ1n) is 7.28. The van der Waals surface area contributed by atoms with Gasteiger partial charge in [-0.2, -0.15) is 0 Å². The number of hydrogen-bond donors (Lipinski definition) is 1. The second-order valence-electron chi connectivity index (χ2n) is 5.36. The molecule has 0 bridgehead atoms. The third-order valence-electron chi connectivity index (χ3n) is 3.90. The number of nitrogens with one attached hydrogen (secondary N) is 1. The Bertz CT molecular complexity index is 434. The number of ether oxygens (including phenoxy) is 2. The molecule has 2 atom stereocenters. The van der Waals surface area contributed by atoms with Crippen LogP contribution in [0.25, 0.3) is 0 Å². The molecule has 2 unspecified atom stereocenters. The van der Waals surface area contributed by atoms with Gasteiger partial charge in [0.25, 0.3) is 0 Å². The molecule has 0 spiro atoms. The Hall–Kier alpha value is -0.580. The van der Waals surface area contributed by atoms with E-state index in [9.17, 15) is 0 Å². The van der Waals surface area contributed by atoms with Crippen molar-refractivity contribution in [3.05, 3.63) is 28.2 Å². The molecule has 1 aliphatic rings. The second kappa shape index (κ2) is 7.43. The average Bonchev–Trinajstić information content (AvgIpc) is 3.25. The Morgan fingerprint density at radius 3 is 2.65 bits per heavy atom. The van der Waals surface area contributed by atoms with Crippen LogP contribution in [0, 0.1) is 5.92 Å². The van der Waals surface area contributed by atoms with Crippen LogP contribution in [0.2, 0.25) is 0 Å². The molecule has 0 amide bonds. The van der Waals surface area contributed by atoms with Crippen molar-refractivity contribution in [1.82, 2.24) is 5.32 Å². The summed E-state index contributed by atoms with van der Waals surface area (Å²) in [6.45, 7) is 3.10. The Morgan fingerprint density at radius 1 is 1.35 bits per heavy atom. The van der Waals surface area contributed by atoms with Crippen LogP contribution in [0.5, 0.6) is 5.75 Å². The van der Waals surface area contributed by atoms with E-state index in [2.05, 4.69) is 34.2 Å². The van der Waals surface area contributed by atoms with E-state index < -0.39 is 0 Å². The second-order valence-corrected chi connectivity index (χ2v) is 6.28. The van der Waals surface area contributed by atoms with Crippen molar-refractivity contribution in [3.8, 4) is 5.75 Å². The molecule has 1 saturated carbocycles. The lowest BCUT2D eigenvalue weighted by molar-refractivity contribution is 0.0514. The monoisotopic (exact) mass is 341 g/mol. The van der Waals surface area contributed by atoms with Gasteiger partial charge >= 0.3 is 0 Å². The van der Waals surface area contributed by atoms with Crippen molar-refractivity contribution in [3.63, 3.8) is 0 Å². The van der Waals surface area contributed by atoms with E-state index in [0.29, 0.717) is 18.1 Å². The zero-order valence-electron chi connectivity index (χ0n) is 12.5. The van der Waals surface area contributed by atoms with Crippen LogP contribution in [-0.4, -0.2) is 32.9 Å². The van der Waals surface area contributed by atoms with Gasteiger partial charge < -0.3 is 14.8 Å². The highest BCUT2D eigenvalue weighted by Gasteiger charge is 2.36. The third-order valence-corrected chi connectivity index (χ3v) is 4.40. The molecule has 112 valence electrons. The number of hydrogen-bond acceptors (Lipinski definition) is 3. The molecule has 20 heavy (non-hydrogen) atoms. The smallest absolute Gasteiger partial charge is 0.122 e. The van der Waals surface area contributed by atoms with Crippen molar-refractivity contribution < 1.29 is 9.47 Å². The van der Waals surface area contributed by atoms with Gasteiger partial charge in [-0.25, -0.2) is 0 Å². The molecule has 1 aromatic carbocycles. The summed E-state index contributed by atoms with van der Waals surface area (Å²) in [5, 5.41) is 3.58. The molecule has 3 nitrogen and oxygen atoms in total. The molecule has 0 radical (unpaired) electrons. The molecule has 2 rings (SSSR count). The highest BCUT2D eigenvalue weighted by molar-refractivity contribution is 9.10. The van der Waals surface area contributed by atoms with E-state index in [1.807, 2.05) is 19.2 Å². The Kier molecular flexibility index (Phi) is 5.87. The van der Waals surface area contributed by atoms with Crippen LogP contribution < -0.4 is 10.1 Å². The quantitative estimate of drug-likeness (QED) is 0.785. The molecule has 1 aromatic rings. The van der Waals surface area contributed by atoms with E-state index in [1.54, 1.807) is 7.11 Å². The molecular weight excluding hydrogens is 318 g/mol. The van der Waals surface area contributed by atoms with Gasteiger partial charge in [-0.05, 0) is 55.5 Å². The van der Waals surface area contributed by atoms with Gasteiger partial charge in [0, 0.05) is 17.6 Å². The minimum atomic E-state index is 0.290. The summed E-state index contributed by atoms with van der Waals surface area (Å²) in [4.78, 5) is 0. The van der Waals surface area contributed by atoms with Crippen molar-refractivity contribution in [2.45, 2.75) is 38.3 Å². The number of likely N-dealkylation sites (N-methyl/N-ethyl adjacent to an activating group) is 1. The fraction of sp³-hybridized carbons (Fsp3) is 0.625. The SMILES string of the molecule is CCNC(Cc1cc(Br)ccc1OC)C(OC)C1CC1. The number of benzene rings is 1. The van der Waals surface area contributed by atoms with Gasteiger partial charge in [0.1, 0.15) is 5.75 Å². The van der Waals surface area contributed by atoms with Gasteiger partial charge in [0.2, 0.25) is 0 Å². The van der Waals surface area contributed by atoms with Crippen molar-refractivity contribution in [1.29, 1.82) is 0 Å². The first-order valence-corrected chi connectivity index (χ1v) is 8.07. The first kappa shape index (κ1) is 15.8. The Morgan fingerprint density at radius 2 is 2.10 bits per heavy atom. The minimum absolute atomic E-state index is 0.290. The van der Waals surface area contributed by atoms with Crippen molar-refractivity contribution in [2.75, 3.05) is 20.8 Å². The summed E-state index contributed by atoms with van der Waals surface area (Å²) >= 11 is 3.54. The molecule has 0 heterocycles. The fourth-order valence-corrected chi connectivity index (χ4v) is 3.23. The topological polar surface area (TPSA) is 30.5 Å². The molecule has 0 aliphatic heterocycles. The molecule has 4 heteroatoms. The average molecular weight is 342 g/mol. The van der Waals surface area contributed by atoms with E-state index in [4.69, 9.17) is 9.47 Å². The first-order chi connectivity index (χ1) is 9.69. The highest BCUT2D eigenvalue weighted by Crippen LogP contribution is 2.37. The lowest BCUT2D eigenvalue weighted by atomic mass is 9.97. The van der Waals surface area contributed by atoms with Gasteiger partial charge in [-0.15, -0.1) is 0 Å². The van der Waals surface area contributed by atoms with Gasteiger partial charge in [0.05, 0.1) is 13.2 Å². The van der Waals surface area contributed by atoms with Crippen LogP contribution >= 0.6 is 15.9 Å². The highest BCUT2D eigenvalue weighted by atomic mass is 79.9. The summed E-state index contributed by atoms with van der Waals surface area (Å²) in [6.07, 6.45) is 3.79. The Balaban J connectivity index is 2.16. The molecule has 1 fully saturated rings. The zero-order valence-corrected chi connectivity index (χ0v) is 14.1. The van der Waals surface area contributed by atoms with Crippen molar-refractivity contribution in [2.24, 2.45) is 5.92 Å². The van der Waals surface area contributed by atoms with E-state index in [0.717, 1.165) is 23.2 Å². The fourth-order valence-electron chi connectivity index (χ4n) is 2.82. The largest absolute Gasteiger partial charge is 0.496 e. The van der Waals surface area contributed by atoms with Crippen LogP contribution in [0.3, 0.4) is 0 Å². The maximum atomic E-state index is 5.75. The number of halogens is 1. The zero-order chi connectivity index (χ0) is 14.5. The van der Waals surface area contributed by atoms with Gasteiger partial charge in [-0.3, -0.25) is 0 Å². The van der Waals surface area contributed by atoms with Crippen LogP contribution in [-0.2, 0) is 11.2 Å². The van der Waals surface area contributed by atoms with E-state index in [1.165, 1.54) is 18.4 Å². The maximum Gasteiger partial charge on any atom is 0.122 e. The van der Waals surface area contributed by atoms with Crippen LogP contribution in [0.4, 0.5) is 0 Å². The third kappa shape index (κ3) is 3.96. The standard InChI is InChI=1S/C16H24BrNO2/c1-4-18-14(16(20-3)11-5-6-11)10-12-9-13(17)7-8-15(12)19-2/h7-9,11,14,16,18H,4-6,10H2,1-3H3. The summed E-state index contributed by atoms with van der Waals surface area (Å²) in [5.41, 5.74) is 1.22. The molecule has 1 aliphatic carbocycles. The van der Waals surface area contributed by atoms with E-state index in [-0.39, 0.29) is 0 Å². The molecular formula is C16H24BrNO2. The summed E-state index contributed by atoms with van der Waals surface area (Å²) in [5.74, 6) is 1.66. The van der Waals surface area contributed by atoms with Crippen LogP contribution in [0.15, 0.2) is 22.7 Å². The number of methoxy groups -OCH3 is 2. The molecule has 1 N–H and O–H groups in total. The van der Waals surface area contributed by atoms with Gasteiger partial charge in [-0.1, -0.05) is 22.9 Å². The van der Waals surface area contributed by atoms with Crippen LogP contribution in [0.1, 0.15) is 25.3 Å². The minimum Gasteiger partial charge on any atom is -0.496 e. The number of rotatable bonds is 8. The molecule has 0 saturated heterocycles. The summed E-state index contributed by atoms with van der Waals surface area (Å²) < 4.78 is 12.3. The summed E-state index contributed by atoms with van der Waals surface area (Å²) in [6, 6.07) is 6.50. The summed E-state index contributed by atoms with van der Waals surface area (Å²) in [7, 11) is 3.55. The van der Waals surface area contributed by atoms with Crippen molar-refractivity contribution >= 4 is 15.9 Å². The lowest BCUT2D eigenvalue weighted by Crippen LogP contribution is -2.43. The normalized spacial score (nSPS) is 17.8. The predicted octanol–water partition coefficient (Wildman–Crippen LogP) is 3.40. The predicted molar refractivity (Wildman–Crippen MR) is 85.4 cm³/mol. The van der Waals surface area contributed by atoms with Gasteiger partial charge in [0.15, 0.2) is 0 Å². The maximum absolute atomic E-state index is 5.75. The lowest BCUT2D eigenvalue weighted by Gasteiger charge is -2.27.